The summed E-state index contributed by atoms with van der Waals surface area (Å²) in [5, 5.41) is 13.4. The van der Waals surface area contributed by atoms with Crippen LogP contribution in [0.25, 0.3) is 10.8 Å². The Labute approximate surface area is 144 Å². The third kappa shape index (κ3) is 3.62. The highest BCUT2D eigenvalue weighted by Crippen LogP contribution is 2.30. The van der Waals surface area contributed by atoms with Crippen LogP contribution >= 0.6 is 0 Å². The van der Waals surface area contributed by atoms with E-state index in [2.05, 4.69) is 5.32 Å². The van der Waals surface area contributed by atoms with Crippen LogP contribution in [-0.2, 0) is 10.1 Å². The number of aromatic hydroxyl groups is 1. The van der Waals surface area contributed by atoms with Crippen LogP contribution in [0.15, 0.2) is 59.5 Å². The molecule has 0 aliphatic rings. The summed E-state index contributed by atoms with van der Waals surface area (Å²) in [4.78, 5) is 11.8. The number of fused-ring (bicyclic) bond motifs is 1. The Kier molecular flexibility index (Phi) is 4.20. The molecule has 0 saturated heterocycles. The van der Waals surface area contributed by atoms with Gasteiger partial charge in [0.15, 0.2) is 0 Å². The fraction of sp³-hybridized carbons (Fsp3) is 0.0556. The molecule has 3 N–H and O–H groups in total. The maximum atomic E-state index is 12.3. The molecule has 128 valence electrons. The van der Waals surface area contributed by atoms with E-state index in [1.807, 2.05) is 19.1 Å². The molecule has 0 heterocycles. The summed E-state index contributed by atoms with van der Waals surface area (Å²) in [6, 6.07) is 13.9. The maximum absolute atomic E-state index is 12.3. The van der Waals surface area contributed by atoms with Gasteiger partial charge < -0.3 is 10.4 Å². The molecule has 0 radical (unpaired) electrons. The standard InChI is InChI=1S/C18H15NO5S/c1-11-2-4-12(5-3-11)18(21)19-14-6-7-16-13(8-14)9-15(10-17(16)20)25(22,23)24/h2-10,20H,1H3,(H,19,21)(H,22,23,24). The third-order valence-electron chi connectivity index (χ3n) is 3.77. The molecule has 0 aliphatic carbocycles. The number of carbonyl (C=O) groups excluding carboxylic acids is 1. The molecular weight excluding hydrogens is 342 g/mol. The lowest BCUT2D eigenvalue weighted by atomic mass is 10.1. The summed E-state index contributed by atoms with van der Waals surface area (Å²) in [6.07, 6.45) is 0. The van der Waals surface area contributed by atoms with E-state index >= 15 is 0 Å². The van der Waals surface area contributed by atoms with E-state index in [0.717, 1.165) is 11.6 Å². The summed E-state index contributed by atoms with van der Waals surface area (Å²) in [5.74, 6) is -0.587. The molecule has 3 aromatic carbocycles. The van der Waals surface area contributed by atoms with Gasteiger partial charge in [0, 0.05) is 22.7 Å². The molecule has 3 rings (SSSR count). The second-order valence-corrected chi connectivity index (χ2v) is 7.10. The van der Waals surface area contributed by atoms with Crippen LogP contribution in [0.3, 0.4) is 0 Å². The lowest BCUT2D eigenvalue weighted by molar-refractivity contribution is 0.102. The zero-order chi connectivity index (χ0) is 18.2. The Hall–Kier alpha value is -2.90. The van der Waals surface area contributed by atoms with Crippen LogP contribution in [0.1, 0.15) is 15.9 Å². The van der Waals surface area contributed by atoms with Gasteiger partial charge in [0.2, 0.25) is 0 Å². The lowest BCUT2D eigenvalue weighted by Gasteiger charge is -2.09. The predicted octanol–water partition coefficient (Wildman–Crippen LogP) is 3.35. The number of phenols is 1. The molecule has 7 heteroatoms. The summed E-state index contributed by atoms with van der Waals surface area (Å²) in [7, 11) is -4.45. The Morgan fingerprint density at radius 1 is 1.00 bits per heavy atom. The number of benzene rings is 3. The van der Waals surface area contributed by atoms with Gasteiger partial charge in [0.1, 0.15) is 5.75 Å². The van der Waals surface area contributed by atoms with Crippen molar-refractivity contribution in [3.05, 3.63) is 65.7 Å². The minimum Gasteiger partial charge on any atom is -0.507 e. The minimum atomic E-state index is -4.45. The van der Waals surface area contributed by atoms with Gasteiger partial charge in [0.25, 0.3) is 16.0 Å². The Balaban J connectivity index is 1.97. The quantitative estimate of drug-likeness (QED) is 0.624. The van der Waals surface area contributed by atoms with Crippen molar-refractivity contribution in [3.8, 4) is 5.75 Å². The van der Waals surface area contributed by atoms with E-state index < -0.39 is 15.0 Å². The van der Waals surface area contributed by atoms with Gasteiger partial charge in [0.05, 0.1) is 4.90 Å². The molecule has 1 amide bonds. The SMILES string of the molecule is Cc1ccc(C(=O)Nc2ccc3c(O)cc(S(=O)(=O)O)cc3c2)cc1. The van der Waals surface area contributed by atoms with Crippen LogP contribution in [0, 0.1) is 6.92 Å². The highest BCUT2D eigenvalue weighted by atomic mass is 32.2. The molecule has 0 atom stereocenters. The maximum Gasteiger partial charge on any atom is 0.294 e. The number of hydrogen-bond acceptors (Lipinski definition) is 4. The van der Waals surface area contributed by atoms with Gasteiger partial charge in [-0.1, -0.05) is 17.7 Å². The molecule has 3 aromatic rings. The lowest BCUT2D eigenvalue weighted by Crippen LogP contribution is -2.11. The zero-order valence-corrected chi connectivity index (χ0v) is 14.0. The second-order valence-electron chi connectivity index (χ2n) is 5.67. The molecular formula is C18H15NO5S. The van der Waals surface area contributed by atoms with E-state index in [1.165, 1.54) is 12.1 Å². The fourth-order valence-corrected chi connectivity index (χ4v) is 2.99. The minimum absolute atomic E-state index is 0.276. The number of anilines is 1. The van der Waals surface area contributed by atoms with Gasteiger partial charge in [-0.3, -0.25) is 9.35 Å². The molecule has 0 spiro atoms. The molecule has 0 aromatic heterocycles. The molecule has 6 nitrogen and oxygen atoms in total. The monoisotopic (exact) mass is 357 g/mol. The van der Waals surface area contributed by atoms with E-state index in [4.69, 9.17) is 4.55 Å². The number of amides is 1. The van der Waals surface area contributed by atoms with E-state index in [1.54, 1.807) is 24.3 Å². The topological polar surface area (TPSA) is 104 Å². The van der Waals surface area contributed by atoms with Crippen molar-refractivity contribution in [1.29, 1.82) is 0 Å². The van der Waals surface area contributed by atoms with Crippen LogP contribution in [0.5, 0.6) is 5.75 Å². The van der Waals surface area contributed by atoms with E-state index in [-0.39, 0.29) is 11.7 Å². The molecule has 25 heavy (non-hydrogen) atoms. The van der Waals surface area contributed by atoms with Crippen LogP contribution < -0.4 is 5.32 Å². The zero-order valence-electron chi connectivity index (χ0n) is 13.2. The van der Waals surface area contributed by atoms with Crippen molar-refractivity contribution in [2.75, 3.05) is 5.32 Å². The van der Waals surface area contributed by atoms with Crippen molar-refractivity contribution in [1.82, 2.24) is 0 Å². The van der Waals surface area contributed by atoms with Gasteiger partial charge >= 0.3 is 0 Å². The average molecular weight is 357 g/mol. The van der Waals surface area contributed by atoms with Crippen molar-refractivity contribution in [2.24, 2.45) is 0 Å². The van der Waals surface area contributed by atoms with E-state index in [9.17, 15) is 18.3 Å². The second kappa shape index (κ2) is 6.19. The predicted molar refractivity (Wildman–Crippen MR) is 94.6 cm³/mol. The molecule has 0 saturated carbocycles. The Bertz CT molecular complexity index is 1070. The Morgan fingerprint density at radius 3 is 2.32 bits per heavy atom. The number of carbonyl (C=O) groups is 1. The van der Waals surface area contributed by atoms with Crippen LogP contribution in [0.4, 0.5) is 5.69 Å². The first-order chi connectivity index (χ1) is 11.7. The molecule has 0 bridgehead atoms. The highest BCUT2D eigenvalue weighted by molar-refractivity contribution is 7.85. The largest absolute Gasteiger partial charge is 0.507 e. The Morgan fingerprint density at radius 2 is 1.68 bits per heavy atom. The number of nitrogens with one attached hydrogen (secondary N) is 1. The van der Waals surface area contributed by atoms with Gasteiger partial charge in [-0.15, -0.1) is 0 Å². The summed E-state index contributed by atoms with van der Waals surface area (Å²) in [6.45, 7) is 1.92. The number of phenolic OH excluding ortho intramolecular Hbond substituents is 1. The van der Waals surface area contributed by atoms with E-state index in [0.29, 0.717) is 22.0 Å². The molecule has 0 fully saturated rings. The number of rotatable bonds is 3. The highest BCUT2D eigenvalue weighted by Gasteiger charge is 2.14. The third-order valence-corrected chi connectivity index (χ3v) is 4.61. The van der Waals surface area contributed by atoms with Gasteiger partial charge in [-0.25, -0.2) is 0 Å². The number of hydrogen-bond donors (Lipinski definition) is 3. The summed E-state index contributed by atoms with van der Waals surface area (Å²) in [5.41, 5.74) is 1.96. The summed E-state index contributed by atoms with van der Waals surface area (Å²) >= 11 is 0. The number of aryl methyl sites for hydroxylation is 1. The first kappa shape index (κ1) is 16.9. The average Bonchev–Trinajstić information content (AvgIpc) is 2.54. The van der Waals surface area contributed by atoms with Crippen LogP contribution in [-0.4, -0.2) is 24.0 Å². The smallest absolute Gasteiger partial charge is 0.294 e. The van der Waals surface area contributed by atoms with Crippen molar-refractivity contribution in [3.63, 3.8) is 0 Å². The summed E-state index contributed by atoms with van der Waals surface area (Å²) < 4.78 is 31.7. The van der Waals surface area contributed by atoms with Crippen molar-refractivity contribution in [2.45, 2.75) is 11.8 Å². The molecule has 0 unspecified atom stereocenters. The van der Waals surface area contributed by atoms with Gasteiger partial charge in [-0.2, -0.15) is 8.42 Å². The fourth-order valence-electron chi connectivity index (χ4n) is 2.46. The normalized spacial score (nSPS) is 11.4. The first-order valence-corrected chi connectivity index (χ1v) is 8.80. The van der Waals surface area contributed by atoms with Gasteiger partial charge in [-0.05, 0) is 48.7 Å². The van der Waals surface area contributed by atoms with Crippen LogP contribution in [0.2, 0.25) is 0 Å². The van der Waals surface area contributed by atoms with Crippen molar-refractivity contribution < 1.29 is 22.9 Å². The first-order valence-electron chi connectivity index (χ1n) is 7.36. The molecule has 0 aliphatic heterocycles. The van der Waals surface area contributed by atoms with Crippen molar-refractivity contribution >= 4 is 32.5 Å².